The summed E-state index contributed by atoms with van der Waals surface area (Å²) in [5, 5.41) is 0. The number of ether oxygens (including phenoxy) is 2. The Bertz CT molecular complexity index is 435. The van der Waals surface area contributed by atoms with Crippen LogP contribution < -0.4 is 15.4 Å². The summed E-state index contributed by atoms with van der Waals surface area (Å²) in [7, 11) is 0. The van der Waals surface area contributed by atoms with Crippen LogP contribution in [0.25, 0.3) is 0 Å². The maximum Gasteiger partial charge on any atom is 0.323 e. The quantitative estimate of drug-likeness (QED) is 0.763. The van der Waals surface area contributed by atoms with Gasteiger partial charge >= 0.3 is 6.01 Å². The van der Waals surface area contributed by atoms with Gasteiger partial charge in [-0.25, -0.2) is 0 Å². The van der Waals surface area contributed by atoms with E-state index in [1.54, 1.807) is 0 Å². The zero-order valence-corrected chi connectivity index (χ0v) is 12.9. The van der Waals surface area contributed by atoms with Crippen molar-refractivity contribution in [1.82, 2.24) is 15.0 Å². The summed E-state index contributed by atoms with van der Waals surface area (Å²) in [5.41, 5.74) is 5.74. The van der Waals surface area contributed by atoms with Crippen molar-refractivity contribution in [2.24, 2.45) is 5.92 Å². The first-order chi connectivity index (χ1) is 10.1. The molecule has 1 aliphatic heterocycles. The van der Waals surface area contributed by atoms with Crippen molar-refractivity contribution in [3.8, 4) is 6.01 Å². The zero-order chi connectivity index (χ0) is 15.1. The van der Waals surface area contributed by atoms with Gasteiger partial charge in [0.2, 0.25) is 11.9 Å². The zero-order valence-electron chi connectivity index (χ0n) is 12.9. The van der Waals surface area contributed by atoms with Crippen molar-refractivity contribution < 1.29 is 9.47 Å². The second kappa shape index (κ2) is 7.97. The van der Waals surface area contributed by atoms with Gasteiger partial charge in [0.1, 0.15) is 6.61 Å². The van der Waals surface area contributed by atoms with Crippen molar-refractivity contribution >= 4 is 11.9 Å². The highest BCUT2D eigenvalue weighted by Crippen LogP contribution is 2.18. The van der Waals surface area contributed by atoms with Gasteiger partial charge in [0.15, 0.2) is 0 Å². The highest BCUT2D eigenvalue weighted by molar-refractivity contribution is 5.36. The van der Waals surface area contributed by atoms with Crippen LogP contribution in [0.1, 0.15) is 33.1 Å². The third kappa shape index (κ3) is 5.34. The highest BCUT2D eigenvalue weighted by atomic mass is 16.5. The van der Waals surface area contributed by atoms with E-state index in [1.807, 2.05) is 0 Å². The Morgan fingerprint density at radius 2 is 1.86 bits per heavy atom. The fourth-order valence-electron chi connectivity index (χ4n) is 2.17. The van der Waals surface area contributed by atoms with Gasteiger partial charge in [-0.05, 0) is 25.2 Å². The first kappa shape index (κ1) is 15.8. The Morgan fingerprint density at radius 1 is 1.10 bits per heavy atom. The minimum Gasteiger partial charge on any atom is -0.461 e. The van der Waals surface area contributed by atoms with Crippen LogP contribution in [0.4, 0.5) is 11.9 Å². The third-order valence-corrected chi connectivity index (χ3v) is 3.17. The molecule has 7 heteroatoms. The van der Waals surface area contributed by atoms with E-state index in [4.69, 9.17) is 15.2 Å². The SMILES string of the molecule is CC(C)COCCOc1nc(N)nc(N2CCCCC2)n1. The lowest BCUT2D eigenvalue weighted by Gasteiger charge is -2.26. The molecule has 1 fully saturated rings. The number of nitrogens with zero attached hydrogens (tertiary/aromatic N) is 4. The molecule has 1 aliphatic rings. The van der Waals surface area contributed by atoms with Crippen LogP contribution in [0.5, 0.6) is 6.01 Å². The molecule has 0 saturated carbocycles. The lowest BCUT2D eigenvalue weighted by atomic mass is 10.1. The number of piperidine rings is 1. The molecule has 0 aromatic carbocycles. The van der Waals surface area contributed by atoms with E-state index < -0.39 is 0 Å². The van der Waals surface area contributed by atoms with Crippen LogP contribution >= 0.6 is 0 Å². The van der Waals surface area contributed by atoms with Gasteiger partial charge < -0.3 is 20.1 Å². The molecule has 2 N–H and O–H groups in total. The maximum atomic E-state index is 5.74. The lowest BCUT2D eigenvalue weighted by Crippen LogP contribution is -2.31. The first-order valence-corrected chi connectivity index (χ1v) is 7.62. The second-order valence-corrected chi connectivity index (χ2v) is 5.64. The summed E-state index contributed by atoms with van der Waals surface area (Å²) < 4.78 is 11.0. The van der Waals surface area contributed by atoms with Crippen molar-refractivity contribution in [3.05, 3.63) is 0 Å². The van der Waals surface area contributed by atoms with Crippen molar-refractivity contribution in [1.29, 1.82) is 0 Å². The molecule has 0 unspecified atom stereocenters. The Labute approximate surface area is 125 Å². The molecule has 0 atom stereocenters. The van der Waals surface area contributed by atoms with E-state index in [0.29, 0.717) is 25.1 Å². The molecule has 0 radical (unpaired) electrons. The first-order valence-electron chi connectivity index (χ1n) is 7.62. The topological polar surface area (TPSA) is 86.4 Å². The van der Waals surface area contributed by atoms with Crippen molar-refractivity contribution in [3.63, 3.8) is 0 Å². The fourth-order valence-corrected chi connectivity index (χ4v) is 2.17. The van der Waals surface area contributed by atoms with Gasteiger partial charge in [-0.2, -0.15) is 15.0 Å². The van der Waals surface area contributed by atoms with E-state index in [2.05, 4.69) is 33.7 Å². The third-order valence-electron chi connectivity index (χ3n) is 3.17. The smallest absolute Gasteiger partial charge is 0.323 e. The normalized spacial score (nSPS) is 15.5. The Balaban J connectivity index is 1.86. The molecule has 118 valence electrons. The molecule has 2 heterocycles. The van der Waals surface area contributed by atoms with Crippen LogP contribution in [0.15, 0.2) is 0 Å². The monoisotopic (exact) mass is 295 g/mol. The molecule has 1 aromatic rings. The van der Waals surface area contributed by atoms with E-state index in [9.17, 15) is 0 Å². The maximum absolute atomic E-state index is 5.74. The molecule has 0 aliphatic carbocycles. The minimum absolute atomic E-state index is 0.198. The summed E-state index contributed by atoms with van der Waals surface area (Å²) in [6.45, 7) is 7.79. The fraction of sp³-hybridized carbons (Fsp3) is 0.786. The number of hydrogen-bond donors (Lipinski definition) is 1. The molecular weight excluding hydrogens is 270 g/mol. The highest BCUT2D eigenvalue weighted by Gasteiger charge is 2.15. The number of nitrogens with two attached hydrogens (primary N) is 1. The van der Waals surface area contributed by atoms with Gasteiger partial charge in [0, 0.05) is 19.7 Å². The number of aromatic nitrogens is 3. The molecule has 0 spiro atoms. The van der Waals surface area contributed by atoms with Crippen LogP contribution in [0.3, 0.4) is 0 Å². The number of anilines is 2. The summed E-state index contributed by atoms with van der Waals surface area (Å²) in [6.07, 6.45) is 3.57. The van der Waals surface area contributed by atoms with Gasteiger partial charge in [-0.3, -0.25) is 0 Å². The largest absolute Gasteiger partial charge is 0.461 e. The molecular formula is C14H25N5O2. The minimum atomic E-state index is 0.198. The summed E-state index contributed by atoms with van der Waals surface area (Å²) >= 11 is 0. The van der Waals surface area contributed by atoms with Gasteiger partial charge in [-0.15, -0.1) is 0 Å². The standard InChI is InChI=1S/C14H25N5O2/c1-11(2)10-20-8-9-21-14-17-12(15)16-13(18-14)19-6-4-3-5-7-19/h11H,3-10H2,1-2H3,(H2,15,16,17,18). The number of nitrogen functional groups attached to an aromatic ring is 1. The van der Waals surface area contributed by atoms with Crippen molar-refractivity contribution in [2.45, 2.75) is 33.1 Å². The molecule has 1 saturated heterocycles. The molecule has 0 bridgehead atoms. The summed E-state index contributed by atoms with van der Waals surface area (Å²) in [5.74, 6) is 1.33. The molecule has 21 heavy (non-hydrogen) atoms. The summed E-state index contributed by atoms with van der Waals surface area (Å²) in [4.78, 5) is 14.7. The second-order valence-electron chi connectivity index (χ2n) is 5.64. The van der Waals surface area contributed by atoms with Gasteiger partial charge in [0.25, 0.3) is 0 Å². The average Bonchev–Trinajstić information content (AvgIpc) is 2.47. The Morgan fingerprint density at radius 3 is 2.57 bits per heavy atom. The van der Waals surface area contributed by atoms with E-state index in [0.717, 1.165) is 32.5 Å². The predicted molar refractivity (Wildman–Crippen MR) is 81.5 cm³/mol. The molecule has 1 aromatic heterocycles. The van der Waals surface area contributed by atoms with Gasteiger partial charge in [0.05, 0.1) is 6.61 Å². The van der Waals surface area contributed by atoms with Crippen LogP contribution in [-0.4, -0.2) is 47.9 Å². The number of rotatable bonds is 7. The number of hydrogen-bond acceptors (Lipinski definition) is 7. The molecule has 2 rings (SSSR count). The van der Waals surface area contributed by atoms with Crippen LogP contribution in [0.2, 0.25) is 0 Å². The van der Waals surface area contributed by atoms with E-state index in [-0.39, 0.29) is 12.0 Å². The van der Waals surface area contributed by atoms with Crippen molar-refractivity contribution in [2.75, 3.05) is 43.5 Å². The Hall–Kier alpha value is -1.63. The van der Waals surface area contributed by atoms with E-state index >= 15 is 0 Å². The van der Waals surface area contributed by atoms with Gasteiger partial charge in [-0.1, -0.05) is 13.8 Å². The van der Waals surface area contributed by atoms with Crippen LogP contribution in [0, 0.1) is 5.92 Å². The lowest BCUT2D eigenvalue weighted by molar-refractivity contribution is 0.0792. The Kier molecular flexibility index (Phi) is 5.98. The predicted octanol–water partition coefficient (Wildman–Crippen LogP) is 1.50. The molecule has 0 amide bonds. The molecule has 7 nitrogen and oxygen atoms in total. The average molecular weight is 295 g/mol. The van der Waals surface area contributed by atoms with Crippen LogP contribution in [-0.2, 0) is 4.74 Å². The van der Waals surface area contributed by atoms with E-state index in [1.165, 1.54) is 6.42 Å². The summed E-state index contributed by atoms with van der Waals surface area (Å²) in [6, 6.07) is 0.274.